The number of nitrogens with zero attached hydrogens (tertiary/aromatic N) is 1. The summed E-state index contributed by atoms with van der Waals surface area (Å²) in [6, 6.07) is 4.14. The third-order valence-electron chi connectivity index (χ3n) is 6.89. The zero-order valence-corrected chi connectivity index (χ0v) is 20.2. The van der Waals surface area contributed by atoms with Crippen LogP contribution in [0.15, 0.2) is 34.9 Å². The van der Waals surface area contributed by atoms with Gasteiger partial charge >= 0.3 is 6.09 Å². The fourth-order valence-electron chi connectivity index (χ4n) is 5.31. The minimum atomic E-state index is -1.05. The standard InChI is InChI=1S/C26H32FNO7/c1-4-5-15(11-16-7-8-20(30)19(27)12-16)6-9-21(31)22-14(2)10-17-23(18(22)13-29)25(33)28(24(17)32)26(34)35-3/h7-8,11-12,17-18,21,23,29-31H,4-6,9-10,13H2,1-3H3/b15-11+/t17-,18+,21-,23-/m1/s1. The van der Waals surface area contributed by atoms with Gasteiger partial charge in [-0.15, -0.1) is 0 Å². The number of carbonyl (C=O) groups excluding carboxylic acids is 3. The number of ether oxygens (including phenoxy) is 1. The largest absolute Gasteiger partial charge is 0.505 e. The number of hydrogen-bond acceptors (Lipinski definition) is 7. The third kappa shape index (κ3) is 5.31. The van der Waals surface area contributed by atoms with Crippen LogP contribution >= 0.6 is 0 Å². The highest BCUT2D eigenvalue weighted by atomic mass is 19.1. The number of allylic oxidation sites excluding steroid dienone is 2. The van der Waals surface area contributed by atoms with E-state index in [0.29, 0.717) is 34.5 Å². The molecule has 3 amide bonds. The predicted molar refractivity (Wildman–Crippen MR) is 125 cm³/mol. The van der Waals surface area contributed by atoms with Crippen molar-refractivity contribution in [3.05, 3.63) is 46.3 Å². The van der Waals surface area contributed by atoms with Crippen LogP contribution in [0.1, 0.15) is 51.5 Å². The van der Waals surface area contributed by atoms with E-state index in [-0.39, 0.29) is 6.42 Å². The van der Waals surface area contributed by atoms with E-state index in [1.54, 1.807) is 13.0 Å². The normalized spacial score (nSPS) is 23.5. The molecule has 1 aliphatic carbocycles. The summed E-state index contributed by atoms with van der Waals surface area (Å²) in [5, 5.41) is 30.7. The Morgan fingerprint density at radius 1 is 1.29 bits per heavy atom. The van der Waals surface area contributed by atoms with Crippen molar-refractivity contribution < 1.29 is 38.8 Å². The molecule has 0 radical (unpaired) electrons. The Labute approximate surface area is 203 Å². The van der Waals surface area contributed by atoms with Crippen molar-refractivity contribution in [3.63, 3.8) is 0 Å². The molecule has 0 unspecified atom stereocenters. The van der Waals surface area contributed by atoms with Gasteiger partial charge in [-0.3, -0.25) is 9.59 Å². The van der Waals surface area contributed by atoms with Crippen molar-refractivity contribution in [3.8, 4) is 5.75 Å². The third-order valence-corrected chi connectivity index (χ3v) is 6.89. The molecule has 35 heavy (non-hydrogen) atoms. The molecular formula is C26H32FNO7. The van der Waals surface area contributed by atoms with E-state index in [0.717, 1.165) is 25.5 Å². The van der Waals surface area contributed by atoms with Crippen LogP contribution in [0.2, 0.25) is 0 Å². The summed E-state index contributed by atoms with van der Waals surface area (Å²) in [4.78, 5) is 38.2. The fraction of sp³-hybridized carbons (Fsp3) is 0.500. The first-order chi connectivity index (χ1) is 16.6. The van der Waals surface area contributed by atoms with E-state index in [2.05, 4.69) is 4.74 Å². The van der Waals surface area contributed by atoms with Crippen LogP contribution < -0.4 is 0 Å². The SMILES string of the molecule is CCC/C(=C\c1ccc(O)c(F)c1)CC[C@@H](O)C1=C(C)C[C@H]2C(=O)N(C(=O)OC)C(=O)[C@H]2[C@H]1CO. The van der Waals surface area contributed by atoms with E-state index in [9.17, 15) is 34.1 Å². The number of halogens is 1. The molecule has 2 aliphatic rings. The summed E-state index contributed by atoms with van der Waals surface area (Å²) in [6.07, 6.45) is 2.36. The topological polar surface area (TPSA) is 124 Å². The van der Waals surface area contributed by atoms with Crippen molar-refractivity contribution >= 4 is 24.0 Å². The lowest BCUT2D eigenvalue weighted by molar-refractivity contribution is -0.137. The van der Waals surface area contributed by atoms with Crippen molar-refractivity contribution in [2.45, 2.75) is 52.1 Å². The number of aromatic hydroxyl groups is 1. The number of fused-ring (bicyclic) bond motifs is 1. The molecule has 1 aliphatic heterocycles. The van der Waals surface area contributed by atoms with Gasteiger partial charge in [-0.1, -0.05) is 36.6 Å². The Balaban J connectivity index is 1.81. The minimum absolute atomic E-state index is 0.204. The van der Waals surface area contributed by atoms with Gasteiger partial charge in [0, 0.05) is 5.92 Å². The minimum Gasteiger partial charge on any atom is -0.505 e. The Bertz CT molecular complexity index is 1060. The summed E-state index contributed by atoms with van der Waals surface area (Å²) in [5.74, 6) is -5.01. The molecule has 8 nitrogen and oxygen atoms in total. The molecule has 0 bridgehead atoms. The van der Waals surface area contributed by atoms with Crippen LogP contribution in [-0.4, -0.2) is 57.9 Å². The van der Waals surface area contributed by atoms with E-state index < -0.39 is 59.9 Å². The number of methoxy groups -OCH3 is 1. The number of carbonyl (C=O) groups is 3. The molecule has 4 atom stereocenters. The molecule has 3 N–H and O–H groups in total. The maximum absolute atomic E-state index is 13.7. The Morgan fingerprint density at radius 2 is 2.00 bits per heavy atom. The summed E-state index contributed by atoms with van der Waals surface area (Å²) >= 11 is 0. The van der Waals surface area contributed by atoms with Gasteiger partial charge in [0.2, 0.25) is 11.8 Å². The molecule has 1 fully saturated rings. The number of aliphatic hydroxyl groups excluding tert-OH is 2. The predicted octanol–water partition coefficient (Wildman–Crippen LogP) is 3.55. The Hall–Kier alpha value is -3.04. The van der Waals surface area contributed by atoms with Crippen molar-refractivity contribution in [2.75, 3.05) is 13.7 Å². The molecular weight excluding hydrogens is 457 g/mol. The molecule has 3 rings (SSSR count). The molecule has 0 saturated carbocycles. The number of aliphatic hydroxyl groups is 2. The van der Waals surface area contributed by atoms with Crippen LogP contribution in [0.25, 0.3) is 6.08 Å². The van der Waals surface area contributed by atoms with Gasteiger partial charge in [0.15, 0.2) is 11.6 Å². The molecule has 0 spiro atoms. The highest BCUT2D eigenvalue weighted by Gasteiger charge is 2.56. The van der Waals surface area contributed by atoms with Gasteiger partial charge < -0.3 is 20.1 Å². The number of imide groups is 3. The first kappa shape index (κ1) is 26.6. The van der Waals surface area contributed by atoms with E-state index in [4.69, 9.17) is 0 Å². The number of likely N-dealkylation sites (tertiary alicyclic amines) is 1. The average molecular weight is 490 g/mol. The average Bonchev–Trinajstić information content (AvgIpc) is 3.07. The molecule has 0 aromatic heterocycles. The first-order valence-electron chi connectivity index (χ1n) is 11.8. The van der Waals surface area contributed by atoms with E-state index >= 15 is 0 Å². The van der Waals surface area contributed by atoms with Gasteiger partial charge in [-0.05, 0) is 55.9 Å². The second kappa shape index (κ2) is 11.1. The summed E-state index contributed by atoms with van der Waals surface area (Å²) in [6.45, 7) is 3.31. The van der Waals surface area contributed by atoms with E-state index in [1.807, 2.05) is 13.0 Å². The van der Waals surface area contributed by atoms with Gasteiger partial charge in [0.05, 0.1) is 31.7 Å². The van der Waals surface area contributed by atoms with Gasteiger partial charge in [-0.25, -0.2) is 9.18 Å². The number of hydrogen-bond donors (Lipinski definition) is 3. The molecule has 190 valence electrons. The van der Waals surface area contributed by atoms with Crippen molar-refractivity contribution in [1.29, 1.82) is 0 Å². The van der Waals surface area contributed by atoms with Crippen LogP contribution in [0, 0.1) is 23.6 Å². The lowest BCUT2D eigenvalue weighted by atomic mass is 9.68. The van der Waals surface area contributed by atoms with Crippen molar-refractivity contribution in [1.82, 2.24) is 4.90 Å². The lowest BCUT2D eigenvalue weighted by Gasteiger charge is -2.35. The smallest absolute Gasteiger partial charge is 0.423 e. The highest BCUT2D eigenvalue weighted by Crippen LogP contribution is 2.46. The van der Waals surface area contributed by atoms with Gasteiger partial charge in [-0.2, -0.15) is 4.90 Å². The van der Waals surface area contributed by atoms with Crippen LogP contribution in [0.5, 0.6) is 5.75 Å². The summed E-state index contributed by atoms with van der Waals surface area (Å²) in [5.41, 5.74) is 2.81. The van der Waals surface area contributed by atoms with Crippen molar-refractivity contribution in [2.24, 2.45) is 17.8 Å². The monoisotopic (exact) mass is 489 g/mol. The van der Waals surface area contributed by atoms with Gasteiger partial charge in [0.25, 0.3) is 0 Å². The lowest BCUT2D eigenvalue weighted by Crippen LogP contribution is -2.39. The van der Waals surface area contributed by atoms with E-state index in [1.165, 1.54) is 12.1 Å². The number of amides is 3. The fourth-order valence-corrected chi connectivity index (χ4v) is 5.31. The number of rotatable bonds is 8. The second-order valence-corrected chi connectivity index (χ2v) is 9.16. The molecule has 1 heterocycles. The maximum atomic E-state index is 13.7. The quantitative estimate of drug-likeness (QED) is 0.377. The maximum Gasteiger partial charge on any atom is 0.423 e. The number of phenolic OH excluding ortho intramolecular Hbond substituents is 1. The number of benzene rings is 1. The molecule has 1 aromatic carbocycles. The molecule has 9 heteroatoms. The molecule has 1 saturated heterocycles. The summed E-state index contributed by atoms with van der Waals surface area (Å²) < 4.78 is 18.3. The zero-order valence-electron chi connectivity index (χ0n) is 20.2. The van der Waals surface area contributed by atoms with Gasteiger partial charge in [0.1, 0.15) is 0 Å². The second-order valence-electron chi connectivity index (χ2n) is 9.16. The number of phenols is 1. The Morgan fingerprint density at radius 3 is 2.60 bits per heavy atom. The summed E-state index contributed by atoms with van der Waals surface area (Å²) in [7, 11) is 1.08. The van der Waals surface area contributed by atoms with Crippen LogP contribution in [-0.2, 0) is 14.3 Å². The Kier molecular flexibility index (Phi) is 8.45. The zero-order chi connectivity index (χ0) is 25.9. The van der Waals surface area contributed by atoms with Crippen LogP contribution in [0.4, 0.5) is 9.18 Å². The van der Waals surface area contributed by atoms with Crippen LogP contribution in [0.3, 0.4) is 0 Å². The first-order valence-corrected chi connectivity index (χ1v) is 11.8. The highest BCUT2D eigenvalue weighted by molar-refractivity contribution is 6.15. The molecule has 1 aromatic rings.